The van der Waals surface area contributed by atoms with Gasteiger partial charge in [-0.05, 0) is 99.5 Å². The maximum Gasteiger partial charge on any atom is 0.337 e. The van der Waals surface area contributed by atoms with E-state index in [2.05, 4.69) is 0 Å². The molecule has 1 amide bonds. The summed E-state index contributed by atoms with van der Waals surface area (Å²) in [4.78, 5) is 28.1. The Morgan fingerprint density at radius 2 is 1.53 bits per heavy atom. The fourth-order valence-corrected chi connectivity index (χ4v) is 5.30. The Labute approximate surface area is 225 Å². The zero-order chi connectivity index (χ0) is 27.9. The third kappa shape index (κ3) is 5.18. The number of carbonyl (C=O) groups excluding carboxylic acids is 1. The van der Waals surface area contributed by atoms with Crippen LogP contribution < -0.4 is 4.74 Å². The van der Waals surface area contributed by atoms with Crippen molar-refractivity contribution < 1.29 is 24.2 Å². The molecule has 3 aromatic carbocycles. The van der Waals surface area contributed by atoms with Crippen LogP contribution >= 0.6 is 0 Å². The summed E-state index contributed by atoms with van der Waals surface area (Å²) in [7, 11) is 1.59. The van der Waals surface area contributed by atoms with Crippen molar-refractivity contribution in [2.45, 2.75) is 73.3 Å². The Hall–Kier alpha value is -3.64. The van der Waals surface area contributed by atoms with E-state index in [0.717, 1.165) is 44.5 Å². The van der Waals surface area contributed by atoms with E-state index in [1.807, 2.05) is 89.8 Å². The molecule has 0 aliphatic carbocycles. The topological polar surface area (TPSA) is 76.1 Å². The van der Waals surface area contributed by atoms with Crippen LogP contribution in [0.5, 0.6) is 5.75 Å². The largest absolute Gasteiger partial charge is 0.497 e. The normalized spacial score (nSPS) is 13.8. The van der Waals surface area contributed by atoms with Gasteiger partial charge in [0.25, 0.3) is 5.91 Å². The van der Waals surface area contributed by atoms with Crippen molar-refractivity contribution in [3.8, 4) is 16.9 Å². The van der Waals surface area contributed by atoms with Crippen LogP contribution in [-0.2, 0) is 22.6 Å². The molecule has 1 aliphatic rings. The molecule has 0 spiro atoms. The van der Waals surface area contributed by atoms with Gasteiger partial charge in [-0.15, -0.1) is 0 Å². The Kier molecular flexibility index (Phi) is 7.39. The lowest BCUT2D eigenvalue weighted by atomic mass is 9.83. The van der Waals surface area contributed by atoms with Crippen LogP contribution in [0.15, 0.2) is 42.5 Å². The molecule has 1 unspecified atom stereocenters. The monoisotopic (exact) mass is 515 g/mol. The molecule has 0 radical (unpaired) electrons. The number of benzene rings is 3. The Bertz CT molecular complexity index is 1400. The smallest absolute Gasteiger partial charge is 0.337 e. The number of carboxylic acid groups (broad SMARTS) is 1. The number of ether oxygens (including phenoxy) is 2. The second kappa shape index (κ2) is 10.3. The lowest BCUT2D eigenvalue weighted by Crippen LogP contribution is -2.28. The minimum Gasteiger partial charge on any atom is -0.497 e. The van der Waals surface area contributed by atoms with Gasteiger partial charge in [0.1, 0.15) is 5.75 Å². The highest BCUT2D eigenvalue weighted by Crippen LogP contribution is 2.44. The first kappa shape index (κ1) is 27.4. The standard InChI is InChI=1S/C32H37NO5/c1-18-9-12-22(13-10-18)27-20(3)25-16-33(30(34)24-15-23(37-8)14-11-19(24)2)17-26(25)21(4)28(27)29(31(35)36)38-32(5,6)7/h9-15,29H,16-17H2,1-8H3,(H,35,36). The van der Waals surface area contributed by atoms with Gasteiger partial charge in [-0.25, -0.2) is 4.79 Å². The number of carbonyl (C=O) groups is 2. The molecule has 200 valence electrons. The van der Waals surface area contributed by atoms with Gasteiger partial charge < -0.3 is 19.5 Å². The summed E-state index contributed by atoms with van der Waals surface area (Å²) in [6.45, 7) is 14.4. The summed E-state index contributed by atoms with van der Waals surface area (Å²) < 4.78 is 11.5. The Balaban J connectivity index is 1.89. The second-order valence-electron chi connectivity index (χ2n) is 11.2. The average molecular weight is 516 g/mol. The molecule has 3 aromatic rings. The highest BCUT2D eigenvalue weighted by molar-refractivity contribution is 5.96. The number of amides is 1. The quantitative estimate of drug-likeness (QED) is 0.396. The highest BCUT2D eigenvalue weighted by atomic mass is 16.5. The first-order valence-electron chi connectivity index (χ1n) is 12.9. The fraction of sp³-hybridized carbons (Fsp3) is 0.375. The van der Waals surface area contributed by atoms with Crippen molar-refractivity contribution in [2.24, 2.45) is 0 Å². The first-order valence-corrected chi connectivity index (χ1v) is 12.9. The van der Waals surface area contributed by atoms with Crippen LogP contribution in [0.3, 0.4) is 0 Å². The van der Waals surface area contributed by atoms with E-state index in [9.17, 15) is 14.7 Å². The number of rotatable bonds is 6. The lowest BCUT2D eigenvalue weighted by molar-refractivity contribution is -0.160. The molecular formula is C32H37NO5. The van der Waals surface area contributed by atoms with Crippen LogP contribution in [0, 0.1) is 27.7 Å². The van der Waals surface area contributed by atoms with Gasteiger partial charge in [-0.1, -0.05) is 35.9 Å². The number of hydrogen-bond acceptors (Lipinski definition) is 4. The van der Waals surface area contributed by atoms with E-state index in [1.54, 1.807) is 13.2 Å². The average Bonchev–Trinajstić information content (AvgIpc) is 3.31. The predicted molar refractivity (Wildman–Crippen MR) is 149 cm³/mol. The van der Waals surface area contributed by atoms with Crippen LogP contribution in [0.2, 0.25) is 0 Å². The third-order valence-electron chi connectivity index (χ3n) is 7.28. The van der Waals surface area contributed by atoms with Gasteiger partial charge in [0.15, 0.2) is 6.10 Å². The van der Waals surface area contributed by atoms with Crippen molar-refractivity contribution in [3.63, 3.8) is 0 Å². The predicted octanol–water partition coefficient (Wildman–Crippen LogP) is 6.69. The molecule has 0 fully saturated rings. The maximum absolute atomic E-state index is 13.7. The summed E-state index contributed by atoms with van der Waals surface area (Å²) in [6, 6.07) is 13.6. The number of nitrogens with zero attached hydrogens (tertiary/aromatic N) is 1. The van der Waals surface area contributed by atoms with E-state index in [-0.39, 0.29) is 5.91 Å². The molecule has 0 saturated heterocycles. The minimum absolute atomic E-state index is 0.0736. The molecule has 6 nitrogen and oxygen atoms in total. The summed E-state index contributed by atoms with van der Waals surface area (Å²) >= 11 is 0. The Morgan fingerprint density at radius 3 is 2.08 bits per heavy atom. The van der Waals surface area contributed by atoms with E-state index in [4.69, 9.17) is 9.47 Å². The number of fused-ring (bicyclic) bond motifs is 1. The van der Waals surface area contributed by atoms with Crippen LogP contribution in [0.4, 0.5) is 0 Å². The molecule has 0 saturated carbocycles. The first-order chi connectivity index (χ1) is 17.8. The molecule has 1 N–H and O–H groups in total. The molecule has 0 aromatic heterocycles. The molecule has 38 heavy (non-hydrogen) atoms. The van der Waals surface area contributed by atoms with Crippen LogP contribution in [-0.4, -0.2) is 34.6 Å². The number of aryl methyl sites for hydroxylation is 2. The lowest BCUT2D eigenvalue weighted by Gasteiger charge is -2.29. The number of aliphatic carboxylic acids is 1. The van der Waals surface area contributed by atoms with E-state index < -0.39 is 17.7 Å². The second-order valence-corrected chi connectivity index (χ2v) is 11.2. The van der Waals surface area contributed by atoms with Gasteiger partial charge in [0.05, 0.1) is 12.7 Å². The molecule has 0 bridgehead atoms. The van der Waals surface area contributed by atoms with E-state index in [1.165, 1.54) is 0 Å². The zero-order valence-corrected chi connectivity index (χ0v) is 23.6. The van der Waals surface area contributed by atoms with Crippen molar-refractivity contribution in [1.82, 2.24) is 4.90 Å². The number of carboxylic acids is 1. The van der Waals surface area contributed by atoms with E-state index >= 15 is 0 Å². The van der Waals surface area contributed by atoms with Gasteiger partial charge in [0.2, 0.25) is 0 Å². The minimum atomic E-state index is -1.15. The van der Waals surface area contributed by atoms with Crippen LogP contribution in [0.1, 0.15) is 76.2 Å². The molecule has 6 heteroatoms. The number of methoxy groups -OCH3 is 1. The SMILES string of the molecule is COc1ccc(C)c(C(=O)N2Cc3c(C)c(-c4ccc(C)cc4)c(C(OC(C)(C)C)C(=O)O)c(C)c3C2)c1. The summed E-state index contributed by atoms with van der Waals surface area (Å²) in [5.74, 6) is -0.472. The van der Waals surface area contributed by atoms with Gasteiger partial charge in [-0.2, -0.15) is 0 Å². The van der Waals surface area contributed by atoms with Crippen molar-refractivity contribution >= 4 is 11.9 Å². The Morgan fingerprint density at radius 1 is 0.921 bits per heavy atom. The van der Waals surface area contributed by atoms with Gasteiger partial charge >= 0.3 is 5.97 Å². The van der Waals surface area contributed by atoms with Crippen molar-refractivity contribution in [1.29, 1.82) is 0 Å². The van der Waals surface area contributed by atoms with Gasteiger partial charge in [0, 0.05) is 24.2 Å². The summed E-state index contributed by atoms with van der Waals surface area (Å²) in [6.07, 6.45) is -1.15. The van der Waals surface area contributed by atoms with Gasteiger partial charge in [-0.3, -0.25) is 4.79 Å². The fourth-order valence-electron chi connectivity index (χ4n) is 5.30. The molecule has 4 rings (SSSR count). The summed E-state index contributed by atoms with van der Waals surface area (Å²) in [5, 5.41) is 10.3. The molecule has 1 heterocycles. The number of hydrogen-bond donors (Lipinski definition) is 1. The molecule has 1 atom stereocenters. The van der Waals surface area contributed by atoms with Crippen molar-refractivity contribution in [2.75, 3.05) is 7.11 Å². The summed E-state index contributed by atoms with van der Waals surface area (Å²) in [5.41, 5.74) is 8.28. The van der Waals surface area contributed by atoms with Crippen molar-refractivity contribution in [3.05, 3.63) is 87.0 Å². The van der Waals surface area contributed by atoms with E-state index in [0.29, 0.717) is 30.0 Å². The highest BCUT2D eigenvalue weighted by Gasteiger charge is 2.36. The molecular weight excluding hydrogens is 478 g/mol. The zero-order valence-electron chi connectivity index (χ0n) is 23.6. The molecule has 1 aliphatic heterocycles. The van der Waals surface area contributed by atoms with Crippen LogP contribution in [0.25, 0.3) is 11.1 Å². The maximum atomic E-state index is 13.7. The third-order valence-corrected chi connectivity index (χ3v) is 7.28.